The van der Waals surface area contributed by atoms with Gasteiger partial charge in [-0.05, 0) is 246 Å². The molecule has 25 rings (SSSR count). The minimum Gasteiger partial charge on any atom is -0.493 e. The molecule has 0 unspecified atom stereocenters. The van der Waals surface area contributed by atoms with Gasteiger partial charge in [-0.15, -0.1) is 11.3 Å². The molecule has 17 heterocycles. The highest BCUT2D eigenvalue weighted by Crippen LogP contribution is 2.39. The van der Waals surface area contributed by atoms with Crippen molar-refractivity contribution in [2.75, 3.05) is 211 Å². The molecule has 0 spiro atoms. The van der Waals surface area contributed by atoms with E-state index in [4.69, 9.17) is 50.2 Å². The van der Waals surface area contributed by atoms with Gasteiger partial charge in [0.25, 0.3) is 0 Å². The third-order valence-electron chi connectivity index (χ3n) is 27.4. The number of benzene rings is 8. The fourth-order valence-corrected chi connectivity index (χ4v) is 21.2. The van der Waals surface area contributed by atoms with Crippen molar-refractivity contribution in [3.8, 4) is 95.0 Å². The van der Waals surface area contributed by atoms with Gasteiger partial charge in [0.1, 0.15) is 45.4 Å². The minimum absolute atomic E-state index is 0.156. The first-order valence-corrected chi connectivity index (χ1v) is 52.5. The molecule has 0 aliphatic carbocycles. The molecule has 1 atom stereocenters. The summed E-state index contributed by atoms with van der Waals surface area (Å²) in [6.07, 6.45) is 6.40. The zero-order chi connectivity index (χ0) is 103. The number of aromatic nitrogens is 3. The highest BCUT2D eigenvalue weighted by atomic mass is 32.1. The molecular weight excluding hydrogens is 1950 g/mol. The number of imidazole rings is 1. The maximum Gasteiger partial charge on any atom is 0.345 e. The van der Waals surface area contributed by atoms with Crippen LogP contribution in [0.1, 0.15) is 12.0 Å². The van der Waals surface area contributed by atoms with E-state index in [1.54, 1.807) is 116 Å². The van der Waals surface area contributed by atoms with E-state index in [-0.39, 0.29) is 34.2 Å². The summed E-state index contributed by atoms with van der Waals surface area (Å²) in [4.78, 5) is 100. The summed E-state index contributed by atoms with van der Waals surface area (Å²) in [6, 6.07) is 65.9. The van der Waals surface area contributed by atoms with Crippen molar-refractivity contribution in [1.82, 2.24) is 45.4 Å². The monoisotopic (exact) mass is 2060 g/mol. The second-order valence-corrected chi connectivity index (χ2v) is 39.6. The summed E-state index contributed by atoms with van der Waals surface area (Å²) in [7, 11) is 10.6. The minimum atomic E-state index is -0.430. The van der Waals surface area contributed by atoms with E-state index < -0.39 is 5.63 Å². The van der Waals surface area contributed by atoms with Crippen molar-refractivity contribution in [2.45, 2.75) is 19.4 Å². The van der Waals surface area contributed by atoms with Gasteiger partial charge in [-0.25, -0.2) is 38.7 Å². The smallest absolute Gasteiger partial charge is 0.345 e. The number of aryl methyl sites for hydroxylation is 1. The van der Waals surface area contributed by atoms with E-state index in [0.717, 1.165) is 238 Å². The number of nitrogens with one attached hydrogen (secondary N) is 4. The molecule has 6 aliphatic rings. The van der Waals surface area contributed by atoms with Crippen molar-refractivity contribution >= 4 is 134 Å². The van der Waals surface area contributed by atoms with Crippen molar-refractivity contribution in [3.05, 3.63) is 320 Å². The van der Waals surface area contributed by atoms with Gasteiger partial charge in [0, 0.05) is 258 Å². The number of hydrogen-bond acceptors (Lipinski definition) is 33. The second-order valence-electron chi connectivity index (χ2n) is 37.1. The van der Waals surface area contributed by atoms with Crippen molar-refractivity contribution < 1.29 is 50.2 Å². The number of rotatable bonds is 17. The average molecular weight is 2060 g/mol. The average Bonchev–Trinajstić information content (AvgIpc) is 1.24. The molecule has 0 amide bonds. The van der Waals surface area contributed by atoms with E-state index in [0.29, 0.717) is 107 Å². The zero-order valence-electron chi connectivity index (χ0n) is 83.7. The van der Waals surface area contributed by atoms with Crippen LogP contribution in [0.15, 0.2) is 307 Å². The fraction of sp³-hybridized carbons (Fsp3) is 0.270. The quantitative estimate of drug-likeness (QED) is 0.0615. The fourth-order valence-electron chi connectivity index (χ4n) is 19.0. The van der Waals surface area contributed by atoms with Crippen molar-refractivity contribution in [2.24, 2.45) is 0 Å². The lowest BCUT2D eigenvalue weighted by Gasteiger charge is -2.34. The topological polar surface area (TPSA) is 328 Å². The van der Waals surface area contributed by atoms with Gasteiger partial charge in [0.2, 0.25) is 5.78 Å². The van der Waals surface area contributed by atoms with Gasteiger partial charge in [-0.3, -0.25) is 4.40 Å². The summed E-state index contributed by atoms with van der Waals surface area (Å²) >= 11 is 4.73. The maximum atomic E-state index is 12.7. The molecule has 0 saturated carbocycles. The molecule has 4 N–H and O–H groups in total. The third-order valence-corrected chi connectivity index (χ3v) is 29.8. The molecule has 19 aromatic rings. The number of nitrogens with zero attached hydrogens (tertiary/aromatic N) is 10. The number of fused-ring (bicyclic) bond motifs is 7. The molecule has 6 saturated heterocycles. The van der Waals surface area contributed by atoms with Gasteiger partial charge in [-0.1, -0.05) is 12.1 Å². The summed E-state index contributed by atoms with van der Waals surface area (Å²) in [5, 5.41) is 28.7. The molecule has 6 fully saturated rings. The first-order valence-electron chi connectivity index (χ1n) is 49.7. The molecule has 11 aromatic heterocycles. The van der Waals surface area contributed by atoms with E-state index in [2.05, 4.69) is 110 Å². The highest BCUT2D eigenvalue weighted by Gasteiger charge is 2.26. The van der Waals surface area contributed by atoms with Crippen LogP contribution in [0.4, 0.5) is 28.4 Å². The number of ether oxygens (including phenoxy) is 5. The molecule has 8 aromatic carbocycles. The van der Waals surface area contributed by atoms with Crippen LogP contribution in [0.25, 0.3) is 138 Å². The lowest BCUT2D eigenvalue weighted by Crippen LogP contribution is -2.44. The molecule has 764 valence electrons. The number of piperazine rings is 5. The summed E-state index contributed by atoms with van der Waals surface area (Å²) in [5.41, 5.74) is 15.5. The van der Waals surface area contributed by atoms with E-state index in [1.165, 1.54) is 5.56 Å². The standard InChI is InChI=1S/C22H24N2O4.C21H22N2O4.C19H16N4O3.2C18H18N2O2S.C17H16N2O2S/c1-23-8-10-24(11-9-23)17-6-4-16-12-18(22(25)28-20(16)14-17)15-5-7-19(26-2)21(13-15)27-3;1-25-18-6-4-14(12-20(18)26-2)17-11-15-3-5-16(13-19(15)27-21(17)24)23-9-7-22-8-10-23;24-18-15(16-11-23-7-1-5-21-19(23)22-16)8-12-2-3-13(9-17(12)26-18)25-14-4-6-20-10-14;1-19-5-7-20(8-6-19)15-3-2-13-10-16(14-4-9-23-12-14)18(21)22-17(13)11-15;1-12-8-17(23-11-12)15-9-13-2-3-14(10-16(13)22-18(15)21)20-6-4-19-5-7-20;20-17-15(13-3-8-22-11-13)9-12-1-2-14(10-16(12)21-17)19-6-4-18-5-7-19/h4-7,12-14H,8-11H2,1-3H3;3-6,11-13,22H,7-10H2,1-2H3;1-3,5,7-9,11,14,20H,4,6,10H2;2-4,9-12H,5-8H2,1H3;2-3,8-11,19H,4-7H2,1H3;1-3,8-11,18H,4-7H2/t;;14-;;;/m..1.../s1. The summed E-state index contributed by atoms with van der Waals surface area (Å²) in [5.74, 6) is 3.63. The molecule has 0 radical (unpaired) electrons. The van der Waals surface area contributed by atoms with Gasteiger partial charge >= 0.3 is 33.8 Å². The molecule has 149 heavy (non-hydrogen) atoms. The predicted octanol–water partition coefficient (Wildman–Crippen LogP) is 17.8. The van der Waals surface area contributed by atoms with Crippen LogP contribution in [0.2, 0.25) is 0 Å². The Kier molecular flexibility index (Phi) is 31.3. The Bertz CT molecular complexity index is 8340. The SMILES string of the molecule is CN1CCN(c2ccc3cc(-c4ccsc4)c(=O)oc3c2)CC1.COc1ccc(-c2cc3ccc(N4CCN(C)CC4)cc3oc2=O)cc1OC.COc1ccc(-c2cc3ccc(N4CCNCC4)cc3oc2=O)cc1OC.Cc1csc(-c2cc3ccc(N4CCNCC4)cc3oc2=O)c1.O=c1oc2cc(N3CCNCC3)ccc2cc1-c1ccsc1.O=c1oc2cc(O[C@@H]3CCNC3)ccc2cc1-c1cn2cccnc2n1. The van der Waals surface area contributed by atoms with Crippen LogP contribution in [0, 0.1) is 6.92 Å². The van der Waals surface area contributed by atoms with Gasteiger partial charge in [0.05, 0.1) is 67.5 Å². The Morgan fingerprint density at radius 2 is 0.711 bits per heavy atom. The van der Waals surface area contributed by atoms with Gasteiger partial charge in [0.15, 0.2) is 23.0 Å². The number of methoxy groups -OCH3 is 4. The normalized spacial score (nSPS) is 15.5. The van der Waals surface area contributed by atoms with Crippen LogP contribution >= 0.6 is 34.0 Å². The van der Waals surface area contributed by atoms with Crippen LogP contribution in [0.5, 0.6) is 28.7 Å². The number of anilines is 5. The van der Waals surface area contributed by atoms with Crippen LogP contribution in [-0.2, 0) is 0 Å². The number of likely N-dealkylation sites (N-methyl/N-ethyl adjacent to an activating group) is 2. The first kappa shape index (κ1) is 101. The van der Waals surface area contributed by atoms with Crippen molar-refractivity contribution in [3.63, 3.8) is 0 Å². The van der Waals surface area contributed by atoms with E-state index in [1.807, 2.05) is 180 Å². The first-order chi connectivity index (χ1) is 72.8. The molecular formula is C115H114N14O17S3. The Morgan fingerprint density at radius 1 is 0.349 bits per heavy atom. The van der Waals surface area contributed by atoms with E-state index in [9.17, 15) is 28.8 Å². The molecule has 31 nitrogen and oxygen atoms in total. The highest BCUT2D eigenvalue weighted by molar-refractivity contribution is 7.13. The Labute approximate surface area is 869 Å². The Morgan fingerprint density at radius 3 is 1.07 bits per heavy atom. The zero-order valence-corrected chi connectivity index (χ0v) is 86.2. The van der Waals surface area contributed by atoms with Gasteiger partial charge < -0.3 is 106 Å². The largest absolute Gasteiger partial charge is 0.493 e. The Hall–Kier alpha value is -15.5. The second kappa shape index (κ2) is 46.3. The lowest BCUT2D eigenvalue weighted by molar-refractivity contribution is 0.223. The summed E-state index contributed by atoms with van der Waals surface area (Å²) < 4.78 is 62.5. The number of hydrogen-bond donors (Lipinski definition) is 4. The van der Waals surface area contributed by atoms with Crippen LogP contribution in [0.3, 0.4) is 0 Å². The third kappa shape index (κ3) is 23.6. The predicted molar refractivity (Wildman–Crippen MR) is 595 cm³/mol. The molecule has 0 bridgehead atoms. The van der Waals surface area contributed by atoms with Crippen LogP contribution < -0.4 is 103 Å². The summed E-state index contributed by atoms with van der Waals surface area (Å²) in [6.45, 7) is 23.6. The lowest BCUT2D eigenvalue weighted by atomic mass is 10.0. The maximum absolute atomic E-state index is 12.7. The van der Waals surface area contributed by atoms with E-state index >= 15 is 0 Å². The van der Waals surface area contributed by atoms with Gasteiger partial charge in [-0.2, -0.15) is 22.7 Å². The Balaban J connectivity index is 0.000000108. The number of thiophene rings is 3. The van der Waals surface area contributed by atoms with Crippen molar-refractivity contribution in [1.29, 1.82) is 0 Å². The van der Waals surface area contributed by atoms with Crippen LogP contribution in [-0.4, -0.2) is 217 Å². The molecule has 6 aliphatic heterocycles. The molecule has 34 heteroatoms.